The molecule has 0 bridgehead atoms. The molecule has 0 aliphatic heterocycles. The van der Waals surface area contributed by atoms with E-state index in [1.807, 2.05) is 62.3 Å². The lowest BCUT2D eigenvalue weighted by Crippen LogP contribution is -2.52. The molecule has 0 aromatic rings. The van der Waals surface area contributed by atoms with E-state index >= 15 is 0 Å². The summed E-state index contributed by atoms with van der Waals surface area (Å²) in [5.41, 5.74) is 1.60. The molecule has 6 fully saturated rings. The van der Waals surface area contributed by atoms with Gasteiger partial charge in [-0.2, -0.15) is 0 Å². The van der Waals surface area contributed by atoms with Crippen molar-refractivity contribution in [3.8, 4) is 0 Å². The molecule has 0 radical (unpaired) electrons. The molecule has 0 spiro atoms. The second-order valence-corrected chi connectivity index (χ2v) is 28.4. The molecule has 10 heteroatoms. The monoisotopic (exact) mass is 1040 g/mol. The van der Waals surface area contributed by atoms with E-state index in [0.717, 1.165) is 94.1 Å². The van der Waals surface area contributed by atoms with Crippen LogP contribution in [0.3, 0.4) is 0 Å². The highest BCUT2D eigenvalue weighted by Crippen LogP contribution is 2.43. The van der Waals surface area contributed by atoms with Crippen LogP contribution in [0.2, 0.25) is 0 Å². The van der Waals surface area contributed by atoms with Crippen LogP contribution in [0, 0.1) is 40.9 Å². The molecule has 0 aromatic heterocycles. The maximum atomic E-state index is 11.6. The van der Waals surface area contributed by atoms with E-state index in [1.54, 1.807) is 13.8 Å². The molecule has 432 valence electrons. The highest BCUT2D eigenvalue weighted by atomic mass is 16.3. The van der Waals surface area contributed by atoms with Gasteiger partial charge in [-0.1, -0.05) is 98.4 Å². The highest BCUT2D eigenvalue weighted by Gasteiger charge is 2.47. The van der Waals surface area contributed by atoms with Crippen LogP contribution in [0.1, 0.15) is 247 Å². The zero-order valence-electron chi connectivity index (χ0n) is 50.7. The second-order valence-electron chi connectivity index (χ2n) is 28.4. The molecule has 6 rings (SSSR count). The maximum Gasteiger partial charge on any atom is 0.167 e. The summed E-state index contributed by atoms with van der Waals surface area (Å²) in [6.07, 6.45) is 14.6. The number of Topliss-reactive ketones (excluding diaryl/α,β-unsaturated/α-hetero) is 1. The molecule has 8 atom stereocenters. The van der Waals surface area contributed by atoms with Crippen molar-refractivity contribution in [3.63, 3.8) is 0 Å². The van der Waals surface area contributed by atoms with Gasteiger partial charge in [0.2, 0.25) is 0 Å². The molecule has 9 N–H and O–H groups in total. The van der Waals surface area contributed by atoms with Gasteiger partial charge < -0.3 is 46.0 Å². The quantitative estimate of drug-likeness (QED) is 0.122. The summed E-state index contributed by atoms with van der Waals surface area (Å²) < 4.78 is 0. The van der Waals surface area contributed by atoms with Crippen LogP contribution in [0.5, 0.6) is 0 Å². The lowest BCUT2D eigenvalue weighted by molar-refractivity contribution is -0.157. The first-order chi connectivity index (χ1) is 33.1. The third-order valence-electron chi connectivity index (χ3n) is 17.9. The van der Waals surface area contributed by atoms with E-state index in [9.17, 15) is 50.8 Å². The number of carbonyl (C=O) groups is 1. The number of allylic oxidation sites excluding steroid dienone is 2. The molecule has 6 saturated carbocycles. The minimum Gasteiger partial charge on any atom is -0.392 e. The fourth-order valence-electron chi connectivity index (χ4n) is 11.6. The molecule has 10 nitrogen and oxygen atoms in total. The fourth-order valence-corrected chi connectivity index (χ4v) is 11.6. The van der Waals surface area contributed by atoms with Crippen LogP contribution < -0.4 is 0 Å². The Morgan fingerprint density at radius 2 is 1.03 bits per heavy atom. The van der Waals surface area contributed by atoms with Gasteiger partial charge in [0.05, 0.1) is 45.3 Å². The van der Waals surface area contributed by atoms with Crippen molar-refractivity contribution < 1.29 is 50.8 Å². The van der Waals surface area contributed by atoms with Gasteiger partial charge in [-0.05, 0) is 217 Å². The zero-order chi connectivity index (χ0) is 58.0. The van der Waals surface area contributed by atoms with Gasteiger partial charge in [0.15, 0.2) is 5.78 Å². The lowest BCUT2D eigenvalue weighted by Gasteiger charge is -2.40. The number of aliphatic hydroxyl groups is 9. The Labute approximate surface area is 453 Å². The van der Waals surface area contributed by atoms with Crippen molar-refractivity contribution in [1.29, 1.82) is 0 Å². The van der Waals surface area contributed by atoms with Crippen LogP contribution in [-0.4, -0.2) is 103 Å². The molecule has 0 amide bonds. The van der Waals surface area contributed by atoms with E-state index in [4.69, 9.17) is 0 Å². The molecule has 8 unspecified atom stereocenters. The minimum atomic E-state index is -1.21. The highest BCUT2D eigenvalue weighted by molar-refractivity contribution is 5.89. The first-order valence-electron chi connectivity index (χ1n) is 28.5. The second kappa shape index (κ2) is 27.3. The largest absolute Gasteiger partial charge is 0.392 e. The summed E-state index contributed by atoms with van der Waals surface area (Å²) in [5, 5.41) is 88.1. The average molecular weight is 1050 g/mol. The van der Waals surface area contributed by atoms with Gasteiger partial charge >= 0.3 is 0 Å². The normalized spacial score (nSPS) is 37.8. The Morgan fingerprint density at radius 1 is 0.595 bits per heavy atom. The Hall–Kier alpha value is -1.99. The molecule has 0 aromatic carbocycles. The molecular formula is C64H116O10. The molecule has 0 heterocycles. The number of carbonyl (C=O) groups excluding carboxylic acids is 1. The molecule has 0 saturated heterocycles. The van der Waals surface area contributed by atoms with Crippen molar-refractivity contribution in [3.05, 3.63) is 59.8 Å². The molecule has 6 aliphatic rings. The SMILES string of the molecule is C=C1CC(C)(O)CCC1=C(C)C.C=C1CC(C)(O)CCC1C(C)C.C=C1CC(O)(C(=C)C)CC(O)C1C.CC(C)C1(O)CCC(C)(O)CC1=O.CC1(O)CCC(C(C)(C)C)CC1.CC1(O)CCC(C(C)(C)O)CC1. The Balaban J connectivity index is 0.000000444. The number of hydrogen-bond acceptors (Lipinski definition) is 10. The zero-order valence-corrected chi connectivity index (χ0v) is 50.7. The fraction of sp³-hybridized carbons (Fsp3) is 0.828. The third kappa shape index (κ3) is 23.1. The number of ketones is 1. The van der Waals surface area contributed by atoms with Crippen molar-refractivity contribution >= 4 is 5.78 Å². The van der Waals surface area contributed by atoms with E-state index < -0.39 is 45.3 Å². The summed E-state index contributed by atoms with van der Waals surface area (Å²) >= 11 is 0. The molecule has 74 heavy (non-hydrogen) atoms. The summed E-state index contributed by atoms with van der Waals surface area (Å²) in [6, 6.07) is 0. The van der Waals surface area contributed by atoms with Gasteiger partial charge in [-0.15, -0.1) is 0 Å². The van der Waals surface area contributed by atoms with Crippen LogP contribution in [0.15, 0.2) is 59.8 Å². The van der Waals surface area contributed by atoms with Gasteiger partial charge in [0.25, 0.3) is 0 Å². The van der Waals surface area contributed by atoms with E-state index in [-0.39, 0.29) is 29.6 Å². The Morgan fingerprint density at radius 3 is 1.38 bits per heavy atom. The number of aliphatic hydroxyl groups excluding tert-OH is 1. The first-order valence-corrected chi connectivity index (χ1v) is 28.5. The summed E-state index contributed by atoms with van der Waals surface area (Å²) in [4.78, 5) is 11.6. The topological polar surface area (TPSA) is 199 Å². The van der Waals surface area contributed by atoms with E-state index in [1.165, 1.54) is 29.6 Å². The first kappa shape index (κ1) is 70.0. The van der Waals surface area contributed by atoms with Crippen LogP contribution in [0.4, 0.5) is 0 Å². The predicted molar refractivity (Wildman–Crippen MR) is 307 cm³/mol. The minimum absolute atomic E-state index is 0.0711. The molecular weight excluding hydrogens is 929 g/mol. The van der Waals surface area contributed by atoms with Crippen molar-refractivity contribution in [2.75, 3.05) is 0 Å². The smallest absolute Gasteiger partial charge is 0.167 e. The summed E-state index contributed by atoms with van der Waals surface area (Å²) in [5.74, 6) is 2.25. The Bertz CT molecular complexity index is 1820. The summed E-state index contributed by atoms with van der Waals surface area (Å²) in [6.45, 7) is 51.6. The van der Waals surface area contributed by atoms with Crippen LogP contribution in [0.25, 0.3) is 0 Å². The lowest BCUT2D eigenvalue weighted by atomic mass is 9.69. The Kier molecular flexibility index (Phi) is 25.8. The standard InChI is InChI=1S/C11H18O2.C11H22O.C11H20O.C11H18O.C10H18O3.C10H20O2/c1-7(2)11(13)5-8(3)9(4)10(12)6-11;1-10(2,3)9-5-7-11(4,12)8-6-9;2*1-8(2)10-5-6-11(4,12)7-9(10)3;1-7(2)10(13)5-4-9(3,12)6-8(10)11;1-9(2,11)8-4-6-10(3,12)7-5-8/h9-10,12-13H,1,3,5-6H2,2,4H3;9,12H,5-8H2,1-4H3;8,10,12H,3,5-7H2,1-2,4H3;12H,3,5-7H2,1-2,4H3;7,12-13H,4-6H2,1-3H3;8,11-12H,4-7H2,1-3H3. The van der Waals surface area contributed by atoms with Crippen LogP contribution in [-0.2, 0) is 4.79 Å². The summed E-state index contributed by atoms with van der Waals surface area (Å²) in [7, 11) is 0. The maximum absolute atomic E-state index is 11.6. The van der Waals surface area contributed by atoms with Gasteiger partial charge in [0, 0.05) is 31.6 Å². The number of rotatable bonds is 4. The number of hydrogen-bond donors (Lipinski definition) is 9. The van der Waals surface area contributed by atoms with E-state index in [2.05, 4.69) is 74.8 Å². The molecule has 6 aliphatic carbocycles. The van der Waals surface area contributed by atoms with Gasteiger partial charge in [0.1, 0.15) is 5.60 Å². The third-order valence-corrected chi connectivity index (χ3v) is 17.9. The van der Waals surface area contributed by atoms with E-state index in [0.29, 0.717) is 54.4 Å². The van der Waals surface area contributed by atoms with Gasteiger partial charge in [-0.25, -0.2) is 0 Å². The average Bonchev–Trinajstić information content (AvgIpc) is 3.20. The van der Waals surface area contributed by atoms with Crippen molar-refractivity contribution in [2.45, 2.75) is 298 Å². The van der Waals surface area contributed by atoms with Crippen molar-refractivity contribution in [2.24, 2.45) is 40.9 Å². The van der Waals surface area contributed by atoms with Crippen molar-refractivity contribution in [1.82, 2.24) is 0 Å². The van der Waals surface area contributed by atoms with Crippen LogP contribution >= 0.6 is 0 Å². The van der Waals surface area contributed by atoms with Gasteiger partial charge in [-0.3, -0.25) is 4.79 Å². The predicted octanol–water partition coefficient (Wildman–Crippen LogP) is 12.8.